The third-order valence-corrected chi connectivity index (χ3v) is 3.09. The molecule has 5 heteroatoms. The molecule has 0 fully saturated rings. The third-order valence-electron chi connectivity index (χ3n) is 3.09. The lowest BCUT2D eigenvalue weighted by atomic mass is 10.1. The highest BCUT2D eigenvalue weighted by Crippen LogP contribution is 2.30. The average Bonchev–Trinajstić information content (AvgIpc) is 2.54. The summed E-state index contributed by atoms with van der Waals surface area (Å²) in [5, 5.41) is 6.51. The lowest BCUT2D eigenvalue weighted by Gasteiger charge is -2.19. The van der Waals surface area contributed by atoms with Gasteiger partial charge in [-0.15, -0.1) is 6.42 Å². The van der Waals surface area contributed by atoms with Crippen LogP contribution >= 0.6 is 0 Å². The van der Waals surface area contributed by atoms with Gasteiger partial charge in [-0.05, 0) is 45.4 Å². The largest absolute Gasteiger partial charge is 0.490 e. The maximum atomic E-state index is 5.67. The van der Waals surface area contributed by atoms with Gasteiger partial charge in [0.05, 0.1) is 19.3 Å². The Balaban J connectivity index is 2.91. The molecule has 0 heterocycles. The van der Waals surface area contributed by atoms with Crippen molar-refractivity contribution in [3.05, 3.63) is 23.8 Å². The van der Waals surface area contributed by atoms with E-state index >= 15 is 0 Å². The van der Waals surface area contributed by atoms with Crippen molar-refractivity contribution in [2.24, 2.45) is 4.99 Å². The van der Waals surface area contributed by atoms with Gasteiger partial charge < -0.3 is 20.1 Å². The molecule has 1 unspecified atom stereocenters. The minimum absolute atomic E-state index is 0.0560. The van der Waals surface area contributed by atoms with Crippen LogP contribution in [0.3, 0.4) is 0 Å². The van der Waals surface area contributed by atoms with Crippen LogP contribution in [-0.4, -0.2) is 32.3 Å². The topological polar surface area (TPSA) is 54.9 Å². The van der Waals surface area contributed by atoms with Crippen molar-refractivity contribution in [1.82, 2.24) is 10.6 Å². The Morgan fingerprint density at radius 1 is 1.22 bits per heavy atom. The summed E-state index contributed by atoms with van der Waals surface area (Å²) < 4.78 is 11.3. The van der Waals surface area contributed by atoms with Crippen molar-refractivity contribution in [2.75, 3.05) is 26.3 Å². The number of guanidine groups is 1. The first kappa shape index (κ1) is 18.7. The molecular formula is C18H27N3O2. The highest BCUT2D eigenvalue weighted by molar-refractivity contribution is 5.80. The maximum absolute atomic E-state index is 5.67. The van der Waals surface area contributed by atoms with Crippen LogP contribution in [0.2, 0.25) is 0 Å². The molecule has 0 aliphatic rings. The van der Waals surface area contributed by atoms with E-state index in [0.717, 1.165) is 23.6 Å². The molecule has 0 aliphatic heterocycles. The van der Waals surface area contributed by atoms with Crippen LogP contribution in [0.5, 0.6) is 11.5 Å². The fourth-order valence-corrected chi connectivity index (χ4v) is 2.07. The summed E-state index contributed by atoms with van der Waals surface area (Å²) in [4.78, 5) is 4.31. The highest BCUT2D eigenvalue weighted by atomic mass is 16.5. The average molecular weight is 317 g/mol. The summed E-state index contributed by atoms with van der Waals surface area (Å²) in [5.41, 5.74) is 1.09. The molecule has 1 aromatic carbocycles. The number of aliphatic imine (C=N–C) groups is 1. The molecule has 0 bridgehead atoms. The van der Waals surface area contributed by atoms with E-state index in [2.05, 4.69) is 28.5 Å². The van der Waals surface area contributed by atoms with Crippen LogP contribution in [0.25, 0.3) is 0 Å². The van der Waals surface area contributed by atoms with Gasteiger partial charge in [0.1, 0.15) is 6.54 Å². The Kier molecular flexibility index (Phi) is 8.45. The smallest absolute Gasteiger partial charge is 0.192 e. The van der Waals surface area contributed by atoms with Crippen LogP contribution in [-0.2, 0) is 0 Å². The zero-order valence-electron chi connectivity index (χ0n) is 14.5. The molecular weight excluding hydrogens is 290 g/mol. The van der Waals surface area contributed by atoms with E-state index in [1.165, 1.54) is 0 Å². The zero-order chi connectivity index (χ0) is 17.1. The van der Waals surface area contributed by atoms with Crippen molar-refractivity contribution in [2.45, 2.75) is 33.7 Å². The number of hydrogen-bond acceptors (Lipinski definition) is 3. The van der Waals surface area contributed by atoms with Crippen LogP contribution in [0.4, 0.5) is 0 Å². The van der Waals surface area contributed by atoms with Crippen molar-refractivity contribution >= 4 is 5.96 Å². The first-order valence-electron chi connectivity index (χ1n) is 8.04. The zero-order valence-corrected chi connectivity index (χ0v) is 14.5. The van der Waals surface area contributed by atoms with Crippen molar-refractivity contribution in [3.8, 4) is 23.8 Å². The number of nitrogens with zero attached hydrogens (tertiary/aromatic N) is 1. The highest BCUT2D eigenvalue weighted by Gasteiger charge is 2.12. The minimum atomic E-state index is 0.0560. The van der Waals surface area contributed by atoms with E-state index in [4.69, 9.17) is 15.9 Å². The lowest BCUT2D eigenvalue weighted by Crippen LogP contribution is -2.38. The first-order valence-corrected chi connectivity index (χ1v) is 8.04. The molecule has 1 atom stereocenters. The van der Waals surface area contributed by atoms with E-state index < -0.39 is 0 Å². The molecule has 5 nitrogen and oxygen atoms in total. The number of rotatable bonds is 8. The Morgan fingerprint density at radius 3 is 2.52 bits per heavy atom. The van der Waals surface area contributed by atoms with Crippen molar-refractivity contribution in [3.63, 3.8) is 0 Å². The van der Waals surface area contributed by atoms with E-state index in [0.29, 0.717) is 25.7 Å². The molecule has 0 spiro atoms. The molecule has 1 aromatic rings. The van der Waals surface area contributed by atoms with Gasteiger partial charge in [0, 0.05) is 6.54 Å². The monoisotopic (exact) mass is 317 g/mol. The second-order valence-electron chi connectivity index (χ2n) is 4.84. The van der Waals surface area contributed by atoms with Crippen molar-refractivity contribution in [1.29, 1.82) is 0 Å². The van der Waals surface area contributed by atoms with Gasteiger partial charge in [-0.2, -0.15) is 0 Å². The molecule has 126 valence electrons. The minimum Gasteiger partial charge on any atom is -0.490 e. The molecule has 2 N–H and O–H groups in total. The molecule has 23 heavy (non-hydrogen) atoms. The van der Waals surface area contributed by atoms with Gasteiger partial charge in [-0.3, -0.25) is 0 Å². The molecule has 0 saturated heterocycles. The fraction of sp³-hybridized carbons (Fsp3) is 0.500. The van der Waals surface area contributed by atoms with Crippen LogP contribution in [0.1, 0.15) is 39.3 Å². The van der Waals surface area contributed by atoms with Crippen LogP contribution in [0, 0.1) is 12.3 Å². The number of benzene rings is 1. The summed E-state index contributed by atoms with van der Waals surface area (Å²) in [6.45, 7) is 10.3. The molecule has 0 aliphatic carbocycles. The van der Waals surface area contributed by atoms with Gasteiger partial charge in [-0.1, -0.05) is 12.0 Å². The second kappa shape index (κ2) is 10.4. The van der Waals surface area contributed by atoms with Gasteiger partial charge in [0.2, 0.25) is 0 Å². The molecule has 1 rings (SSSR count). The SMILES string of the molecule is C#CCN=C(NCC)NC(C)c1ccc(OCC)c(OCC)c1. The van der Waals surface area contributed by atoms with E-state index in [1.807, 2.05) is 39.0 Å². The Bertz CT molecular complexity index is 550. The van der Waals surface area contributed by atoms with Crippen LogP contribution in [0.15, 0.2) is 23.2 Å². The summed E-state index contributed by atoms with van der Waals surface area (Å²) >= 11 is 0. The summed E-state index contributed by atoms with van der Waals surface area (Å²) in [7, 11) is 0. The number of hydrogen-bond donors (Lipinski definition) is 2. The number of nitrogens with one attached hydrogen (secondary N) is 2. The first-order chi connectivity index (χ1) is 11.2. The van der Waals surface area contributed by atoms with E-state index in [9.17, 15) is 0 Å². The standard InChI is InChI=1S/C18H27N3O2/c1-6-12-20-18(19-7-2)21-14(5)15-10-11-16(22-8-3)17(13-15)23-9-4/h1,10-11,13-14H,7-9,12H2,2-5H3,(H2,19,20,21). The number of terminal acetylenes is 1. The Hall–Kier alpha value is -2.35. The molecule has 0 saturated carbocycles. The summed E-state index contributed by atoms with van der Waals surface area (Å²) in [6.07, 6.45) is 5.27. The maximum Gasteiger partial charge on any atom is 0.192 e. The quantitative estimate of drug-likeness (QED) is 0.440. The van der Waals surface area contributed by atoms with E-state index in [1.54, 1.807) is 0 Å². The van der Waals surface area contributed by atoms with Crippen molar-refractivity contribution < 1.29 is 9.47 Å². The van der Waals surface area contributed by atoms with Gasteiger partial charge in [0.15, 0.2) is 17.5 Å². The molecule has 0 radical (unpaired) electrons. The molecule has 0 amide bonds. The van der Waals surface area contributed by atoms with Gasteiger partial charge in [-0.25, -0.2) is 4.99 Å². The predicted octanol–water partition coefficient (Wildman–Crippen LogP) is 2.73. The van der Waals surface area contributed by atoms with Gasteiger partial charge >= 0.3 is 0 Å². The normalized spacial score (nSPS) is 12.2. The number of ether oxygens (including phenoxy) is 2. The summed E-state index contributed by atoms with van der Waals surface area (Å²) in [5.74, 6) is 4.73. The fourth-order valence-electron chi connectivity index (χ4n) is 2.07. The summed E-state index contributed by atoms with van der Waals surface area (Å²) in [6, 6.07) is 6.01. The third kappa shape index (κ3) is 6.11. The van der Waals surface area contributed by atoms with Gasteiger partial charge in [0.25, 0.3) is 0 Å². The molecule has 0 aromatic heterocycles. The Labute approximate surface area is 139 Å². The van der Waals surface area contributed by atoms with E-state index in [-0.39, 0.29) is 6.04 Å². The lowest BCUT2D eigenvalue weighted by molar-refractivity contribution is 0.287. The predicted molar refractivity (Wildman–Crippen MR) is 95.1 cm³/mol. The van der Waals surface area contributed by atoms with Crippen LogP contribution < -0.4 is 20.1 Å². The second-order valence-corrected chi connectivity index (χ2v) is 4.84. The Morgan fingerprint density at radius 2 is 1.91 bits per heavy atom.